The van der Waals surface area contributed by atoms with Gasteiger partial charge in [-0.25, -0.2) is 9.59 Å². The van der Waals surface area contributed by atoms with Crippen molar-refractivity contribution in [3.05, 3.63) is 71.8 Å². The molecule has 0 spiro atoms. The number of aliphatic carboxylic acids is 1. The molecule has 2 rings (SSSR count). The number of amides is 2. The van der Waals surface area contributed by atoms with E-state index in [4.69, 9.17) is 4.74 Å². The van der Waals surface area contributed by atoms with Gasteiger partial charge >= 0.3 is 12.1 Å². The summed E-state index contributed by atoms with van der Waals surface area (Å²) in [6.45, 7) is 0.690. The lowest BCUT2D eigenvalue weighted by Crippen LogP contribution is -2.40. The summed E-state index contributed by atoms with van der Waals surface area (Å²) in [5.74, 6) is -1.27. The molecular formula is C25H32N2O5. The molecule has 0 aliphatic carbocycles. The zero-order valence-electron chi connectivity index (χ0n) is 18.3. The molecule has 7 heteroatoms. The van der Waals surface area contributed by atoms with Gasteiger partial charge in [-0.1, -0.05) is 67.1 Å². The third-order valence-corrected chi connectivity index (χ3v) is 5.00. The highest BCUT2D eigenvalue weighted by Crippen LogP contribution is 2.08. The Bertz CT molecular complexity index is 827. The maximum absolute atomic E-state index is 12.1. The summed E-state index contributed by atoms with van der Waals surface area (Å²) < 4.78 is 5.13. The number of ether oxygens (including phenoxy) is 1. The maximum atomic E-state index is 12.1. The first-order valence-corrected chi connectivity index (χ1v) is 11.0. The molecule has 0 unspecified atom stereocenters. The summed E-state index contributed by atoms with van der Waals surface area (Å²) in [4.78, 5) is 35.2. The smallest absolute Gasteiger partial charge is 0.407 e. The zero-order chi connectivity index (χ0) is 23.0. The maximum Gasteiger partial charge on any atom is 0.407 e. The molecule has 1 atom stereocenters. The summed E-state index contributed by atoms with van der Waals surface area (Å²) in [6.07, 6.45) is 3.75. The van der Waals surface area contributed by atoms with Crippen molar-refractivity contribution in [3.63, 3.8) is 0 Å². The molecule has 7 nitrogen and oxygen atoms in total. The lowest BCUT2D eigenvalue weighted by atomic mass is 10.0. The molecule has 2 amide bonds. The van der Waals surface area contributed by atoms with Crippen LogP contribution in [0.2, 0.25) is 0 Å². The zero-order valence-corrected chi connectivity index (χ0v) is 18.3. The van der Waals surface area contributed by atoms with E-state index in [0.717, 1.165) is 24.0 Å². The summed E-state index contributed by atoms with van der Waals surface area (Å²) in [7, 11) is 0. The molecule has 32 heavy (non-hydrogen) atoms. The van der Waals surface area contributed by atoms with E-state index in [9.17, 15) is 19.5 Å². The van der Waals surface area contributed by atoms with Crippen LogP contribution in [0, 0.1) is 0 Å². The minimum absolute atomic E-state index is 0.225. The molecule has 0 aliphatic heterocycles. The molecule has 3 N–H and O–H groups in total. The van der Waals surface area contributed by atoms with E-state index < -0.39 is 18.1 Å². The summed E-state index contributed by atoms with van der Waals surface area (Å²) in [5.41, 5.74) is 2.08. The first-order valence-electron chi connectivity index (χ1n) is 11.0. The third kappa shape index (κ3) is 10.6. The van der Waals surface area contributed by atoms with Gasteiger partial charge in [0.1, 0.15) is 12.6 Å². The Morgan fingerprint density at radius 2 is 1.50 bits per heavy atom. The number of unbranched alkanes of at least 4 members (excludes halogenated alkanes) is 2. The van der Waals surface area contributed by atoms with Crippen molar-refractivity contribution in [1.29, 1.82) is 0 Å². The molecule has 2 aromatic rings. The largest absolute Gasteiger partial charge is 0.480 e. The fourth-order valence-electron chi connectivity index (χ4n) is 3.23. The third-order valence-electron chi connectivity index (χ3n) is 5.00. The Hall–Kier alpha value is -3.35. The van der Waals surface area contributed by atoms with Gasteiger partial charge in [0.15, 0.2) is 0 Å². The number of benzene rings is 2. The number of carbonyl (C=O) groups excluding carboxylic acids is 2. The first kappa shape index (κ1) is 24.9. The van der Waals surface area contributed by atoms with Crippen molar-refractivity contribution in [1.82, 2.24) is 10.6 Å². The van der Waals surface area contributed by atoms with E-state index in [0.29, 0.717) is 32.2 Å². The van der Waals surface area contributed by atoms with Gasteiger partial charge in [-0.2, -0.15) is 0 Å². The standard InChI is InChI=1S/C25H32N2O5/c28-23(27-22(24(29)30)16-10-15-20-11-4-1-5-12-20)17-8-3-9-18-26-25(31)32-19-21-13-6-2-7-14-21/h1-2,4-7,11-14,22H,3,8-10,15-19H2,(H,26,31)(H,27,28)(H,29,30)/t22-/m1/s1. The number of carboxylic acid groups (broad SMARTS) is 1. The van der Waals surface area contributed by atoms with Crippen LogP contribution < -0.4 is 10.6 Å². The van der Waals surface area contributed by atoms with Gasteiger partial charge < -0.3 is 20.5 Å². The minimum Gasteiger partial charge on any atom is -0.480 e. The number of rotatable bonds is 14. The molecule has 0 aromatic heterocycles. The van der Waals surface area contributed by atoms with Gasteiger partial charge in [-0.05, 0) is 43.2 Å². The Labute approximate surface area is 189 Å². The van der Waals surface area contributed by atoms with Crippen LogP contribution in [-0.2, 0) is 27.4 Å². The fraction of sp³-hybridized carbons (Fsp3) is 0.400. The van der Waals surface area contributed by atoms with Crippen LogP contribution in [0.4, 0.5) is 4.79 Å². The average Bonchev–Trinajstić information content (AvgIpc) is 2.80. The minimum atomic E-state index is -1.01. The monoisotopic (exact) mass is 440 g/mol. The van der Waals surface area contributed by atoms with E-state index in [-0.39, 0.29) is 18.9 Å². The van der Waals surface area contributed by atoms with Crippen molar-refractivity contribution in [2.45, 2.75) is 57.6 Å². The Kier molecular flexibility index (Phi) is 11.4. The highest BCUT2D eigenvalue weighted by Gasteiger charge is 2.19. The van der Waals surface area contributed by atoms with Crippen molar-refractivity contribution >= 4 is 18.0 Å². The molecule has 0 fully saturated rings. The number of nitrogens with one attached hydrogen (secondary N) is 2. The quantitative estimate of drug-likeness (QED) is 0.384. The normalized spacial score (nSPS) is 11.4. The molecule has 0 saturated heterocycles. The Balaban J connectivity index is 1.52. The van der Waals surface area contributed by atoms with Gasteiger partial charge in [0.05, 0.1) is 0 Å². The molecule has 0 heterocycles. The SMILES string of the molecule is O=C(CCCCCNC(=O)OCc1ccccc1)N[C@H](CCCc1ccccc1)C(=O)O. The van der Waals surface area contributed by atoms with Crippen LogP contribution in [0.15, 0.2) is 60.7 Å². The second-order valence-electron chi connectivity index (χ2n) is 7.64. The highest BCUT2D eigenvalue weighted by molar-refractivity contribution is 5.83. The van der Waals surface area contributed by atoms with Crippen LogP contribution in [0.1, 0.15) is 49.7 Å². The van der Waals surface area contributed by atoms with Gasteiger partial charge in [-0.3, -0.25) is 4.79 Å². The van der Waals surface area contributed by atoms with Gasteiger partial charge in [0.2, 0.25) is 5.91 Å². The highest BCUT2D eigenvalue weighted by atomic mass is 16.5. The lowest BCUT2D eigenvalue weighted by molar-refractivity contribution is -0.142. The van der Waals surface area contributed by atoms with E-state index in [1.165, 1.54) is 0 Å². The van der Waals surface area contributed by atoms with Crippen molar-refractivity contribution < 1.29 is 24.2 Å². The van der Waals surface area contributed by atoms with E-state index in [2.05, 4.69) is 10.6 Å². The molecule has 0 saturated carbocycles. The molecule has 0 radical (unpaired) electrons. The van der Waals surface area contributed by atoms with Crippen molar-refractivity contribution in [2.75, 3.05) is 6.54 Å². The molecule has 2 aromatic carbocycles. The fourth-order valence-corrected chi connectivity index (χ4v) is 3.23. The summed E-state index contributed by atoms with van der Waals surface area (Å²) in [5, 5.41) is 14.7. The molecular weight excluding hydrogens is 408 g/mol. The lowest BCUT2D eigenvalue weighted by Gasteiger charge is -2.14. The second kappa shape index (κ2) is 14.6. The van der Waals surface area contributed by atoms with Crippen LogP contribution in [0.25, 0.3) is 0 Å². The van der Waals surface area contributed by atoms with Crippen molar-refractivity contribution in [3.8, 4) is 0 Å². The predicted molar refractivity (Wildman–Crippen MR) is 122 cm³/mol. The van der Waals surface area contributed by atoms with Crippen LogP contribution in [0.5, 0.6) is 0 Å². The van der Waals surface area contributed by atoms with Crippen LogP contribution in [-0.4, -0.2) is 35.7 Å². The number of aryl methyl sites for hydroxylation is 1. The number of alkyl carbamates (subject to hydrolysis) is 1. The van der Waals surface area contributed by atoms with Gasteiger partial charge in [0, 0.05) is 13.0 Å². The van der Waals surface area contributed by atoms with Crippen LogP contribution >= 0.6 is 0 Å². The summed E-state index contributed by atoms with van der Waals surface area (Å²) in [6, 6.07) is 18.4. The molecule has 0 bridgehead atoms. The molecule has 0 aliphatic rings. The van der Waals surface area contributed by atoms with Crippen molar-refractivity contribution in [2.24, 2.45) is 0 Å². The van der Waals surface area contributed by atoms with E-state index >= 15 is 0 Å². The topological polar surface area (TPSA) is 105 Å². The Morgan fingerprint density at radius 1 is 0.844 bits per heavy atom. The number of carboxylic acids is 1. The first-order chi connectivity index (χ1) is 15.5. The second-order valence-corrected chi connectivity index (χ2v) is 7.64. The number of hydrogen-bond donors (Lipinski definition) is 3. The predicted octanol–water partition coefficient (Wildman–Crippen LogP) is 4.07. The Morgan fingerprint density at radius 3 is 2.16 bits per heavy atom. The van der Waals surface area contributed by atoms with E-state index in [1.807, 2.05) is 60.7 Å². The van der Waals surface area contributed by atoms with E-state index in [1.54, 1.807) is 0 Å². The van der Waals surface area contributed by atoms with Crippen LogP contribution in [0.3, 0.4) is 0 Å². The average molecular weight is 441 g/mol. The molecule has 172 valence electrons. The number of carbonyl (C=O) groups is 3. The number of hydrogen-bond acceptors (Lipinski definition) is 4. The van der Waals surface area contributed by atoms with Gasteiger partial charge in [0.25, 0.3) is 0 Å². The van der Waals surface area contributed by atoms with Gasteiger partial charge in [-0.15, -0.1) is 0 Å². The summed E-state index contributed by atoms with van der Waals surface area (Å²) >= 11 is 0.